The average molecular weight is 226 g/mol. The fourth-order valence-electron chi connectivity index (χ4n) is 1.47. The van der Waals surface area contributed by atoms with Gasteiger partial charge in [-0.25, -0.2) is 11.4 Å². The van der Waals surface area contributed by atoms with Gasteiger partial charge in [-0.3, -0.25) is 4.90 Å². The number of carbonyl (C=O) groups excluding carboxylic acids is 1. The lowest BCUT2D eigenvalue weighted by Crippen LogP contribution is -2.51. The van der Waals surface area contributed by atoms with E-state index in [0.717, 1.165) is 0 Å². The normalized spacial score (nSPS) is 21.4. The molecule has 1 aliphatic heterocycles. The predicted molar refractivity (Wildman–Crippen MR) is 59.0 cm³/mol. The van der Waals surface area contributed by atoms with Crippen molar-refractivity contribution in [1.29, 1.82) is 0 Å². The highest BCUT2D eigenvalue weighted by Gasteiger charge is 2.32. The molecule has 1 atom stereocenters. The summed E-state index contributed by atoms with van der Waals surface area (Å²) < 4.78 is 10.5. The van der Waals surface area contributed by atoms with Gasteiger partial charge in [-0.1, -0.05) is 0 Å². The van der Waals surface area contributed by atoms with Crippen molar-refractivity contribution >= 4 is 6.09 Å². The van der Waals surface area contributed by atoms with Gasteiger partial charge < -0.3 is 14.3 Å². The van der Waals surface area contributed by atoms with Gasteiger partial charge >= 0.3 is 6.09 Å². The molecule has 0 saturated carbocycles. The molecule has 90 valence electrons. The third-order valence-corrected chi connectivity index (χ3v) is 2.16. The molecule has 5 heteroatoms. The van der Waals surface area contributed by atoms with Crippen LogP contribution in [0.25, 0.3) is 4.85 Å². The van der Waals surface area contributed by atoms with E-state index in [1.54, 1.807) is 4.90 Å². The lowest BCUT2D eigenvalue weighted by molar-refractivity contribution is -0.0284. The fraction of sp³-hybridized carbons (Fsp3) is 0.818. The van der Waals surface area contributed by atoms with Crippen LogP contribution in [0.3, 0.4) is 0 Å². The summed E-state index contributed by atoms with van der Waals surface area (Å²) in [6.45, 7) is 14.0. The second-order valence-electron chi connectivity index (χ2n) is 4.74. The molecule has 1 saturated heterocycles. The van der Waals surface area contributed by atoms with Gasteiger partial charge in [0.25, 0.3) is 0 Å². The van der Waals surface area contributed by atoms with Gasteiger partial charge in [0, 0.05) is 6.54 Å². The molecule has 0 N–H and O–H groups in total. The summed E-state index contributed by atoms with van der Waals surface area (Å²) in [4.78, 5) is 16.7. The zero-order valence-corrected chi connectivity index (χ0v) is 10.0. The maximum Gasteiger partial charge on any atom is 0.410 e. The molecule has 0 spiro atoms. The van der Waals surface area contributed by atoms with Crippen LogP contribution in [0.1, 0.15) is 20.8 Å². The van der Waals surface area contributed by atoms with Crippen molar-refractivity contribution in [3.63, 3.8) is 0 Å². The molecule has 1 fully saturated rings. The lowest BCUT2D eigenvalue weighted by Gasteiger charge is -2.34. The maximum atomic E-state index is 11.8. The molecule has 5 nitrogen and oxygen atoms in total. The first-order valence-electron chi connectivity index (χ1n) is 5.34. The van der Waals surface area contributed by atoms with Gasteiger partial charge in [-0.05, 0) is 20.8 Å². The van der Waals surface area contributed by atoms with E-state index in [2.05, 4.69) is 4.85 Å². The predicted octanol–water partition coefficient (Wildman–Crippen LogP) is 1.54. The number of nitrogens with zero attached hydrogens (tertiary/aromatic N) is 2. The van der Waals surface area contributed by atoms with Crippen LogP contribution >= 0.6 is 0 Å². The largest absolute Gasteiger partial charge is 0.444 e. The first kappa shape index (κ1) is 12.8. The number of rotatable bonds is 1. The number of carbonyl (C=O) groups is 1. The maximum absolute atomic E-state index is 11.8. The Balaban J connectivity index is 2.61. The average Bonchev–Trinajstić information content (AvgIpc) is 2.16. The van der Waals surface area contributed by atoms with Crippen LogP contribution < -0.4 is 0 Å². The van der Waals surface area contributed by atoms with Crippen molar-refractivity contribution in [2.75, 3.05) is 26.3 Å². The van der Waals surface area contributed by atoms with E-state index in [1.165, 1.54) is 0 Å². The molecule has 1 rings (SSSR count). The summed E-state index contributed by atoms with van der Waals surface area (Å²) in [6, 6.07) is -0.180. The fourth-order valence-corrected chi connectivity index (χ4v) is 1.47. The summed E-state index contributed by atoms with van der Waals surface area (Å²) in [5.41, 5.74) is -0.502. The van der Waals surface area contributed by atoms with E-state index in [1.807, 2.05) is 20.8 Å². The van der Waals surface area contributed by atoms with E-state index in [-0.39, 0.29) is 18.7 Å². The Hall–Kier alpha value is -1.28. The second kappa shape index (κ2) is 5.17. The number of morpholine rings is 1. The topological polar surface area (TPSA) is 43.1 Å². The number of amides is 1. The minimum Gasteiger partial charge on any atom is -0.444 e. The number of hydrogen-bond donors (Lipinski definition) is 0. The van der Waals surface area contributed by atoms with E-state index in [0.29, 0.717) is 19.8 Å². The molecule has 16 heavy (non-hydrogen) atoms. The Morgan fingerprint density at radius 3 is 2.88 bits per heavy atom. The molecule has 1 aliphatic rings. The number of hydrogen-bond acceptors (Lipinski definition) is 3. The molecule has 1 amide bonds. The first-order chi connectivity index (χ1) is 7.44. The highest BCUT2D eigenvalue weighted by atomic mass is 16.6. The van der Waals surface area contributed by atoms with Crippen LogP contribution in [0.5, 0.6) is 0 Å². The molecule has 0 radical (unpaired) electrons. The third kappa shape index (κ3) is 3.70. The molecule has 1 unspecified atom stereocenters. The molecule has 1 heterocycles. The Labute approximate surface area is 96.1 Å². The summed E-state index contributed by atoms with van der Waals surface area (Å²) in [7, 11) is 0. The summed E-state index contributed by atoms with van der Waals surface area (Å²) >= 11 is 0. The summed E-state index contributed by atoms with van der Waals surface area (Å²) in [6.07, 6.45) is -0.357. The highest BCUT2D eigenvalue weighted by Crippen LogP contribution is 2.14. The van der Waals surface area contributed by atoms with Crippen molar-refractivity contribution in [2.45, 2.75) is 32.4 Å². The zero-order valence-electron chi connectivity index (χ0n) is 10.0. The molecule has 0 aromatic heterocycles. The highest BCUT2D eigenvalue weighted by molar-refractivity contribution is 5.68. The SMILES string of the molecule is [C-]#[N+]CC1COCCN1C(=O)OC(C)(C)C. The summed E-state index contributed by atoms with van der Waals surface area (Å²) in [5, 5.41) is 0. The molecular formula is C11H18N2O3. The third-order valence-electron chi connectivity index (χ3n) is 2.16. The molecule has 0 aromatic carbocycles. The van der Waals surface area contributed by atoms with Crippen LogP contribution in [-0.4, -0.2) is 48.9 Å². The van der Waals surface area contributed by atoms with Gasteiger partial charge in [0.1, 0.15) is 11.6 Å². The van der Waals surface area contributed by atoms with E-state index in [4.69, 9.17) is 16.0 Å². The Kier molecular flexibility index (Phi) is 4.13. The minimum atomic E-state index is -0.502. The second-order valence-corrected chi connectivity index (χ2v) is 4.74. The van der Waals surface area contributed by atoms with Crippen LogP contribution in [0.2, 0.25) is 0 Å². The molecule has 0 bridgehead atoms. The Bertz CT molecular complexity index is 291. The van der Waals surface area contributed by atoms with Crippen LogP contribution in [0.4, 0.5) is 4.79 Å². The van der Waals surface area contributed by atoms with E-state index in [9.17, 15) is 4.79 Å². The van der Waals surface area contributed by atoms with Crippen LogP contribution in [0.15, 0.2) is 0 Å². The van der Waals surface area contributed by atoms with Crippen LogP contribution in [-0.2, 0) is 9.47 Å². The molecular weight excluding hydrogens is 208 g/mol. The zero-order chi connectivity index (χ0) is 12.2. The Morgan fingerprint density at radius 2 is 2.31 bits per heavy atom. The minimum absolute atomic E-state index is 0.180. The first-order valence-corrected chi connectivity index (χ1v) is 5.34. The van der Waals surface area contributed by atoms with Crippen LogP contribution in [0, 0.1) is 6.57 Å². The van der Waals surface area contributed by atoms with Gasteiger partial charge in [-0.2, -0.15) is 0 Å². The Morgan fingerprint density at radius 1 is 1.62 bits per heavy atom. The summed E-state index contributed by atoms with van der Waals surface area (Å²) in [5.74, 6) is 0. The van der Waals surface area contributed by atoms with Crippen molar-refractivity contribution < 1.29 is 14.3 Å². The smallest absolute Gasteiger partial charge is 0.410 e. The monoisotopic (exact) mass is 226 g/mol. The van der Waals surface area contributed by atoms with Crippen molar-refractivity contribution in [3.8, 4) is 0 Å². The quantitative estimate of drug-likeness (QED) is 0.637. The standard InChI is InChI=1S/C11H18N2O3/c1-11(2,3)16-10(14)13-5-6-15-8-9(13)7-12-4/h9H,5-8H2,1-3H3. The van der Waals surface area contributed by atoms with Gasteiger partial charge in [0.05, 0.1) is 13.2 Å². The lowest BCUT2D eigenvalue weighted by atomic mass is 10.2. The van der Waals surface area contributed by atoms with Gasteiger partial charge in [0.15, 0.2) is 0 Å². The number of ether oxygens (including phenoxy) is 2. The van der Waals surface area contributed by atoms with Gasteiger partial charge in [0.2, 0.25) is 6.54 Å². The van der Waals surface area contributed by atoms with Crippen molar-refractivity contribution in [1.82, 2.24) is 4.90 Å². The van der Waals surface area contributed by atoms with Gasteiger partial charge in [-0.15, -0.1) is 0 Å². The van der Waals surface area contributed by atoms with E-state index >= 15 is 0 Å². The van der Waals surface area contributed by atoms with E-state index < -0.39 is 5.60 Å². The molecule has 0 aromatic rings. The van der Waals surface area contributed by atoms with Crippen molar-refractivity contribution in [3.05, 3.63) is 11.4 Å². The molecule has 0 aliphatic carbocycles. The van der Waals surface area contributed by atoms with Crippen molar-refractivity contribution in [2.24, 2.45) is 0 Å².